The predicted molar refractivity (Wildman–Crippen MR) is 163 cm³/mol. The number of unbranched alkanes of at least 4 members (excludes halogenated alkanes) is 17. The molecule has 1 amide bonds. The van der Waals surface area contributed by atoms with Crippen molar-refractivity contribution in [3.63, 3.8) is 0 Å². The van der Waals surface area contributed by atoms with E-state index in [0.717, 1.165) is 38.6 Å². The molecule has 0 saturated heterocycles. The number of rotatable bonds is 27. The van der Waals surface area contributed by atoms with E-state index in [1.807, 2.05) is 30.3 Å². The van der Waals surface area contributed by atoms with Gasteiger partial charge in [-0.2, -0.15) is 0 Å². The maximum atomic E-state index is 11.9. The number of imidazole rings is 1. The summed E-state index contributed by atoms with van der Waals surface area (Å²) in [7, 11) is 2.00. The topological polar surface area (TPSA) is 73.4 Å². The lowest BCUT2D eigenvalue weighted by atomic mass is 10.0. The zero-order valence-corrected chi connectivity index (χ0v) is 27.9. The van der Waals surface area contributed by atoms with E-state index in [2.05, 4.69) is 23.4 Å². The summed E-state index contributed by atoms with van der Waals surface area (Å²) in [5, 5.41) is 2.79. The fraction of sp³-hybridized carbons (Fsp3) is 0.788. The van der Waals surface area contributed by atoms with Crippen molar-refractivity contribution in [2.24, 2.45) is 7.05 Å². The van der Waals surface area contributed by atoms with E-state index < -0.39 is 6.09 Å². The Morgan fingerprint density at radius 3 is 1.80 bits per heavy atom. The van der Waals surface area contributed by atoms with Gasteiger partial charge in [0.05, 0.1) is 13.6 Å². The standard InChI is InChI=1S/C33H59N3O4.BrH/c1-4-5-6-7-8-9-10-11-12-13-14-15-16-17-18-21-24-34-33(38)40-29-31(2)28-39-32(37)23-20-19-22-25-36-27-26-35(3)30-36;/h26-27,30H,2,4-25,28-29H2,1,3H3;1H. The van der Waals surface area contributed by atoms with Crippen LogP contribution >= 0.6 is 0 Å². The fourth-order valence-electron chi connectivity index (χ4n) is 4.75. The number of hydrogen-bond acceptors (Lipinski definition) is 4. The van der Waals surface area contributed by atoms with Crippen LogP contribution < -0.4 is 26.9 Å². The number of ether oxygens (including phenoxy) is 2. The summed E-state index contributed by atoms with van der Waals surface area (Å²) < 4.78 is 14.6. The third kappa shape index (κ3) is 25.6. The first-order valence-electron chi connectivity index (χ1n) is 16.2. The highest BCUT2D eigenvalue weighted by molar-refractivity contribution is 5.69. The number of alkyl carbamates (subject to hydrolysis) is 1. The molecule has 0 fully saturated rings. The van der Waals surface area contributed by atoms with Crippen LogP contribution in [-0.4, -0.2) is 36.4 Å². The fourth-order valence-corrected chi connectivity index (χ4v) is 4.75. The summed E-state index contributed by atoms with van der Waals surface area (Å²) in [6.07, 6.45) is 30.2. The SMILES string of the molecule is C=C(COC(=O)CCCCCn1cc[n+](C)c1)COC(=O)NCCCCCCCCCCCCCCCCCC.[Br-]. The van der Waals surface area contributed by atoms with Crippen molar-refractivity contribution in [1.29, 1.82) is 0 Å². The number of aryl methyl sites for hydroxylation is 2. The molecule has 8 heteroatoms. The molecule has 0 aliphatic carbocycles. The average molecular weight is 643 g/mol. The van der Waals surface area contributed by atoms with E-state index in [1.165, 1.54) is 89.9 Å². The van der Waals surface area contributed by atoms with Crippen molar-refractivity contribution in [3.8, 4) is 0 Å². The minimum absolute atomic E-state index is 0. The highest BCUT2D eigenvalue weighted by Gasteiger charge is 2.07. The van der Waals surface area contributed by atoms with Crippen LogP contribution in [0.5, 0.6) is 0 Å². The van der Waals surface area contributed by atoms with Gasteiger partial charge in [-0.1, -0.05) is 110 Å². The minimum atomic E-state index is -0.440. The van der Waals surface area contributed by atoms with Gasteiger partial charge in [-0.3, -0.25) is 4.79 Å². The van der Waals surface area contributed by atoms with Gasteiger partial charge in [0.2, 0.25) is 6.33 Å². The van der Waals surface area contributed by atoms with E-state index in [9.17, 15) is 9.59 Å². The van der Waals surface area contributed by atoms with Gasteiger partial charge < -0.3 is 31.8 Å². The number of amides is 1. The van der Waals surface area contributed by atoms with Crippen LogP contribution in [0.2, 0.25) is 0 Å². The van der Waals surface area contributed by atoms with Gasteiger partial charge in [0.15, 0.2) is 0 Å². The summed E-state index contributed by atoms with van der Waals surface area (Å²) in [6.45, 7) is 7.84. The first-order chi connectivity index (χ1) is 19.5. The zero-order valence-electron chi connectivity index (χ0n) is 26.3. The maximum absolute atomic E-state index is 11.9. The second-order valence-corrected chi connectivity index (χ2v) is 11.3. The molecule has 0 aromatic carbocycles. The van der Waals surface area contributed by atoms with Gasteiger partial charge in [-0.25, -0.2) is 13.9 Å². The average Bonchev–Trinajstić information content (AvgIpc) is 3.36. The lowest BCUT2D eigenvalue weighted by Crippen LogP contribution is -3.00. The second-order valence-electron chi connectivity index (χ2n) is 11.3. The van der Waals surface area contributed by atoms with E-state index in [0.29, 0.717) is 18.5 Å². The lowest BCUT2D eigenvalue weighted by Gasteiger charge is -2.10. The van der Waals surface area contributed by atoms with Crippen LogP contribution in [0.1, 0.15) is 135 Å². The number of carbonyl (C=O) groups excluding carboxylic acids is 2. The smallest absolute Gasteiger partial charge is 0.407 e. The number of hydrogen-bond donors (Lipinski definition) is 1. The molecule has 0 aliphatic rings. The number of halogens is 1. The number of nitrogens with zero attached hydrogens (tertiary/aromatic N) is 2. The van der Waals surface area contributed by atoms with Gasteiger partial charge in [0.25, 0.3) is 0 Å². The van der Waals surface area contributed by atoms with Crippen LogP contribution in [0, 0.1) is 0 Å². The Balaban J connectivity index is 0.0000160. The van der Waals surface area contributed by atoms with Gasteiger partial charge in [-0.05, 0) is 31.3 Å². The van der Waals surface area contributed by atoms with Crippen molar-refractivity contribution in [2.45, 2.75) is 142 Å². The van der Waals surface area contributed by atoms with Crippen LogP contribution in [0.4, 0.5) is 4.79 Å². The molecule has 0 bridgehead atoms. The monoisotopic (exact) mass is 641 g/mol. The quantitative estimate of drug-likeness (QED) is 0.0638. The summed E-state index contributed by atoms with van der Waals surface area (Å²) in [5.41, 5.74) is 0.575. The van der Waals surface area contributed by atoms with E-state index in [-0.39, 0.29) is 36.2 Å². The van der Waals surface area contributed by atoms with Gasteiger partial charge in [0, 0.05) is 13.0 Å². The van der Waals surface area contributed by atoms with Crippen molar-refractivity contribution in [1.82, 2.24) is 9.88 Å². The molecule has 0 saturated carbocycles. The molecular weight excluding hydrogens is 582 g/mol. The lowest BCUT2D eigenvalue weighted by molar-refractivity contribution is -0.671. The van der Waals surface area contributed by atoms with Crippen molar-refractivity contribution < 1.29 is 40.6 Å². The molecule has 0 atom stereocenters. The van der Waals surface area contributed by atoms with Crippen LogP contribution in [0.15, 0.2) is 30.9 Å². The van der Waals surface area contributed by atoms with Crippen LogP contribution in [-0.2, 0) is 27.9 Å². The summed E-state index contributed by atoms with van der Waals surface area (Å²) in [5.74, 6) is -0.235. The molecule has 0 unspecified atom stereocenters. The Morgan fingerprint density at radius 2 is 1.27 bits per heavy atom. The number of carbonyl (C=O) groups is 2. The van der Waals surface area contributed by atoms with Crippen molar-refractivity contribution >= 4 is 12.1 Å². The molecule has 1 N–H and O–H groups in total. The predicted octanol–water partition coefficient (Wildman–Crippen LogP) is 4.96. The molecular formula is C33H60BrN3O4. The number of aromatic nitrogens is 2. The van der Waals surface area contributed by atoms with Gasteiger partial charge in [0.1, 0.15) is 25.6 Å². The Hall–Kier alpha value is -1.83. The number of nitrogens with one attached hydrogen (secondary N) is 1. The van der Waals surface area contributed by atoms with E-state index >= 15 is 0 Å². The molecule has 41 heavy (non-hydrogen) atoms. The highest BCUT2D eigenvalue weighted by Crippen LogP contribution is 2.13. The molecule has 1 aromatic rings. The summed E-state index contributed by atoms with van der Waals surface area (Å²) >= 11 is 0. The van der Waals surface area contributed by atoms with E-state index in [1.54, 1.807) is 0 Å². The largest absolute Gasteiger partial charge is 1.00 e. The van der Waals surface area contributed by atoms with E-state index in [4.69, 9.17) is 9.47 Å². The zero-order chi connectivity index (χ0) is 29.1. The Morgan fingerprint density at radius 1 is 0.756 bits per heavy atom. The van der Waals surface area contributed by atoms with Crippen molar-refractivity contribution in [3.05, 3.63) is 30.9 Å². The third-order valence-corrected chi connectivity index (χ3v) is 7.27. The minimum Gasteiger partial charge on any atom is -1.00 e. The molecule has 1 heterocycles. The molecule has 1 rings (SSSR count). The molecule has 0 aliphatic heterocycles. The second kappa shape index (κ2) is 28.3. The van der Waals surface area contributed by atoms with Crippen molar-refractivity contribution in [2.75, 3.05) is 19.8 Å². The Bertz CT molecular complexity index is 784. The normalized spacial score (nSPS) is 10.7. The highest BCUT2D eigenvalue weighted by atomic mass is 79.9. The number of esters is 1. The first kappa shape index (κ1) is 39.2. The van der Waals surface area contributed by atoms with Gasteiger partial charge >= 0.3 is 12.1 Å². The summed E-state index contributed by atoms with van der Waals surface area (Å²) in [4.78, 5) is 23.8. The Labute approximate surface area is 261 Å². The molecule has 0 spiro atoms. The Kier molecular flexibility index (Phi) is 27.0. The molecule has 1 aromatic heterocycles. The maximum Gasteiger partial charge on any atom is 0.407 e. The molecule has 7 nitrogen and oxygen atoms in total. The third-order valence-electron chi connectivity index (χ3n) is 7.27. The molecule has 0 radical (unpaired) electrons. The molecule has 238 valence electrons. The van der Waals surface area contributed by atoms with Crippen LogP contribution in [0.3, 0.4) is 0 Å². The summed E-state index contributed by atoms with van der Waals surface area (Å²) in [6, 6.07) is 0. The first-order valence-corrected chi connectivity index (χ1v) is 16.2. The van der Waals surface area contributed by atoms with Gasteiger partial charge in [-0.15, -0.1) is 0 Å². The van der Waals surface area contributed by atoms with Crippen LogP contribution in [0.25, 0.3) is 0 Å².